The van der Waals surface area contributed by atoms with Crippen LogP contribution in [0.4, 0.5) is 17.3 Å². The zero-order valence-corrected chi connectivity index (χ0v) is 16.1. The molecule has 2 aromatic heterocycles. The van der Waals surface area contributed by atoms with Gasteiger partial charge < -0.3 is 24.7 Å². The van der Waals surface area contributed by atoms with Gasteiger partial charge >= 0.3 is 11.6 Å². The predicted molar refractivity (Wildman–Crippen MR) is 98.5 cm³/mol. The van der Waals surface area contributed by atoms with Gasteiger partial charge in [-0.2, -0.15) is 0 Å². The lowest BCUT2D eigenvalue weighted by Gasteiger charge is -2.14. The van der Waals surface area contributed by atoms with E-state index in [1.807, 2.05) is 0 Å². The van der Waals surface area contributed by atoms with Crippen molar-refractivity contribution in [3.63, 3.8) is 0 Å². The fraction of sp³-hybridized carbons (Fsp3) is 0.250. The Bertz CT molecular complexity index is 1090. The molecular weight excluding hydrogens is 390 g/mol. The summed E-state index contributed by atoms with van der Waals surface area (Å²) in [5, 5.41) is 31.4. The number of aromatic nitrogens is 2. The molecule has 0 amide bonds. The van der Waals surface area contributed by atoms with Crippen LogP contribution in [0, 0.1) is 12.1 Å². The molecule has 0 saturated heterocycles. The van der Waals surface area contributed by atoms with Gasteiger partial charge in [0, 0.05) is 14.1 Å². The maximum absolute atomic E-state index is 12.3. The van der Waals surface area contributed by atoms with E-state index in [1.165, 1.54) is 32.3 Å². The molecule has 0 fully saturated rings. The number of anilines is 3. The molecule has 0 unspecified atom stereocenters. The number of benzene rings is 1. The van der Waals surface area contributed by atoms with Crippen LogP contribution in [0.1, 0.15) is 11.5 Å². The van der Waals surface area contributed by atoms with E-state index < -0.39 is 15.8 Å². The Labute approximate surface area is 160 Å². The summed E-state index contributed by atoms with van der Waals surface area (Å²) in [7, 11) is -1.16. The molecule has 3 aromatic rings. The number of nitrogens with zero attached hydrogens (tertiary/aromatic N) is 3. The quantitative estimate of drug-likeness (QED) is 0.390. The maximum Gasteiger partial charge on any atom is 0.320 e. The highest BCUT2D eigenvalue weighted by molar-refractivity contribution is 7.89. The summed E-state index contributed by atoms with van der Waals surface area (Å²) in [5.74, 6) is 0.706. The average Bonchev–Trinajstić information content (AvgIpc) is 3.20. The van der Waals surface area contributed by atoms with E-state index in [2.05, 4.69) is 20.4 Å². The maximum atomic E-state index is 12.3. The number of para-hydroxylation sites is 1. The zero-order chi connectivity index (χ0) is 20.5. The van der Waals surface area contributed by atoms with Gasteiger partial charge in [0.2, 0.25) is 10.0 Å². The number of phenols is 1. The molecule has 0 saturated carbocycles. The topological polar surface area (TPSA) is 148 Å². The fourth-order valence-electron chi connectivity index (χ4n) is 2.39. The molecule has 3 rings (SSSR count). The standard InChI is InChI=1S/C16H19N5O6S/c1-10-7-8-11(26-10)9-17-16-15(19-27-21(16)23)18-12-5-4-6-13(14(12)22)28(24,25)20(2)3/h4-8,17,22H,9H2,1-3H3,(H,18,19). The van der Waals surface area contributed by atoms with Crippen LogP contribution in [0.5, 0.6) is 5.75 Å². The molecule has 1 aromatic carbocycles. The van der Waals surface area contributed by atoms with E-state index in [0.29, 0.717) is 5.76 Å². The van der Waals surface area contributed by atoms with Crippen LogP contribution in [-0.2, 0) is 16.6 Å². The van der Waals surface area contributed by atoms with Crippen LogP contribution in [0.3, 0.4) is 0 Å². The van der Waals surface area contributed by atoms with Crippen molar-refractivity contribution in [1.29, 1.82) is 0 Å². The first kappa shape index (κ1) is 19.5. The summed E-state index contributed by atoms with van der Waals surface area (Å²) in [6.07, 6.45) is 0. The van der Waals surface area contributed by atoms with Crippen molar-refractivity contribution in [1.82, 2.24) is 9.46 Å². The minimum Gasteiger partial charge on any atom is -0.504 e. The molecule has 150 valence electrons. The number of sulfonamides is 1. The number of hydrogen-bond acceptors (Lipinski definition) is 9. The van der Waals surface area contributed by atoms with Gasteiger partial charge in [0.25, 0.3) is 0 Å². The normalized spacial score (nSPS) is 11.7. The van der Waals surface area contributed by atoms with Crippen molar-refractivity contribution in [2.45, 2.75) is 18.4 Å². The highest BCUT2D eigenvalue weighted by Crippen LogP contribution is 2.34. The summed E-state index contributed by atoms with van der Waals surface area (Å²) in [4.78, 5) is -0.142. The van der Waals surface area contributed by atoms with Crippen molar-refractivity contribution in [3.05, 3.63) is 47.1 Å². The average molecular weight is 409 g/mol. The smallest absolute Gasteiger partial charge is 0.320 e. The summed E-state index contributed by atoms with van der Waals surface area (Å²) < 4.78 is 35.6. The number of aromatic hydroxyl groups is 1. The molecule has 2 heterocycles. The third-order valence-electron chi connectivity index (χ3n) is 3.85. The summed E-state index contributed by atoms with van der Waals surface area (Å²) >= 11 is 0. The minimum absolute atomic E-state index is 0.0343. The Kier molecular flexibility index (Phi) is 5.16. The van der Waals surface area contributed by atoms with Gasteiger partial charge in [0.05, 0.1) is 5.69 Å². The van der Waals surface area contributed by atoms with E-state index in [-0.39, 0.29) is 33.7 Å². The van der Waals surface area contributed by atoms with Crippen LogP contribution >= 0.6 is 0 Å². The third kappa shape index (κ3) is 3.73. The number of aryl methyl sites for hydroxylation is 1. The monoisotopic (exact) mass is 409 g/mol. The summed E-state index contributed by atoms with van der Waals surface area (Å²) in [6.45, 7) is 1.98. The largest absolute Gasteiger partial charge is 0.504 e. The number of rotatable bonds is 7. The molecule has 0 aliphatic rings. The first-order valence-electron chi connectivity index (χ1n) is 8.10. The molecule has 0 atom stereocenters. The zero-order valence-electron chi connectivity index (χ0n) is 15.3. The predicted octanol–water partition coefficient (Wildman–Crippen LogP) is 1.52. The number of phenolic OH excluding ortho intramolecular Hbond substituents is 1. The fourth-order valence-corrected chi connectivity index (χ4v) is 3.38. The first-order valence-corrected chi connectivity index (χ1v) is 9.54. The lowest BCUT2D eigenvalue weighted by atomic mass is 10.3. The van der Waals surface area contributed by atoms with Crippen molar-refractivity contribution in [2.75, 3.05) is 24.7 Å². The molecule has 0 bridgehead atoms. The minimum atomic E-state index is -3.87. The Morgan fingerprint density at radius 1 is 1.29 bits per heavy atom. The Morgan fingerprint density at radius 3 is 2.68 bits per heavy atom. The summed E-state index contributed by atoms with van der Waals surface area (Å²) in [6, 6.07) is 7.68. The molecule has 0 aliphatic carbocycles. The highest BCUT2D eigenvalue weighted by Gasteiger charge is 2.25. The Hall–Kier alpha value is -3.25. The Balaban J connectivity index is 1.87. The molecule has 3 N–H and O–H groups in total. The second-order valence-corrected chi connectivity index (χ2v) is 8.18. The van der Waals surface area contributed by atoms with E-state index in [9.17, 15) is 18.7 Å². The van der Waals surface area contributed by atoms with Crippen molar-refractivity contribution in [3.8, 4) is 5.75 Å². The highest BCUT2D eigenvalue weighted by atomic mass is 32.2. The molecule has 0 radical (unpaired) electrons. The molecule has 0 aliphatic heterocycles. The van der Waals surface area contributed by atoms with Gasteiger partial charge in [-0.25, -0.2) is 12.7 Å². The summed E-state index contributed by atoms with van der Waals surface area (Å²) in [5.41, 5.74) is 0.0359. The number of nitrogens with one attached hydrogen (secondary N) is 2. The second kappa shape index (κ2) is 7.40. The van der Waals surface area contributed by atoms with Crippen molar-refractivity contribution < 1.29 is 27.5 Å². The second-order valence-electron chi connectivity index (χ2n) is 6.06. The SMILES string of the molecule is Cc1ccc(CNc2c(Nc3cccc(S(=O)(=O)N(C)C)c3O)no[n+]2[O-])o1. The number of hydrogen-bond donors (Lipinski definition) is 3. The van der Waals surface area contributed by atoms with Gasteiger partial charge in [-0.15, -0.1) is 0 Å². The van der Waals surface area contributed by atoms with E-state index >= 15 is 0 Å². The molecular formula is C16H19N5O6S. The molecule has 0 spiro atoms. The van der Waals surface area contributed by atoms with Crippen LogP contribution in [0.15, 0.2) is 44.3 Å². The van der Waals surface area contributed by atoms with Gasteiger partial charge in [0.15, 0.2) is 5.75 Å². The lowest BCUT2D eigenvalue weighted by Crippen LogP contribution is -2.27. The van der Waals surface area contributed by atoms with Gasteiger partial charge in [0.1, 0.15) is 23.0 Å². The van der Waals surface area contributed by atoms with Crippen LogP contribution in [0.25, 0.3) is 0 Å². The van der Waals surface area contributed by atoms with E-state index in [1.54, 1.807) is 19.1 Å². The van der Waals surface area contributed by atoms with Crippen LogP contribution < -0.4 is 15.5 Å². The van der Waals surface area contributed by atoms with Crippen LogP contribution in [0.2, 0.25) is 0 Å². The first-order chi connectivity index (χ1) is 13.2. The van der Waals surface area contributed by atoms with Crippen LogP contribution in [-0.4, -0.2) is 37.1 Å². The Morgan fingerprint density at radius 2 is 2.04 bits per heavy atom. The van der Waals surface area contributed by atoms with E-state index in [4.69, 9.17) is 4.42 Å². The van der Waals surface area contributed by atoms with E-state index in [0.717, 1.165) is 10.1 Å². The van der Waals surface area contributed by atoms with Gasteiger partial charge in [-0.05, 0) is 36.3 Å². The molecule has 28 heavy (non-hydrogen) atoms. The molecule has 12 heteroatoms. The third-order valence-corrected chi connectivity index (χ3v) is 5.70. The van der Waals surface area contributed by atoms with Gasteiger partial charge in [-0.1, -0.05) is 11.0 Å². The van der Waals surface area contributed by atoms with Crippen molar-refractivity contribution >= 4 is 27.3 Å². The number of furan rings is 1. The van der Waals surface area contributed by atoms with Gasteiger partial charge in [-0.3, -0.25) is 5.32 Å². The lowest BCUT2D eigenvalue weighted by molar-refractivity contribution is -0.791. The van der Waals surface area contributed by atoms with Crippen molar-refractivity contribution in [2.24, 2.45) is 0 Å². The molecule has 11 nitrogen and oxygen atoms in total.